The second-order valence-corrected chi connectivity index (χ2v) is 17.2. The van der Waals surface area contributed by atoms with Gasteiger partial charge in [-0.3, -0.25) is 0 Å². The first-order valence-corrected chi connectivity index (χ1v) is 20.1. The number of hydrogen-bond acceptors (Lipinski definition) is 8. The Morgan fingerprint density at radius 1 is 0.764 bits per heavy atom. The van der Waals surface area contributed by atoms with Gasteiger partial charge in [0.2, 0.25) is 0 Å². The van der Waals surface area contributed by atoms with Gasteiger partial charge >= 0.3 is 0 Å². The number of hydrogen-bond donors (Lipinski definition) is 7. The van der Waals surface area contributed by atoms with Crippen LogP contribution in [0.15, 0.2) is 85.0 Å². The molecule has 2 saturated carbocycles. The third-order valence-corrected chi connectivity index (χ3v) is 14.6. The molecule has 10 rings (SSSR count). The molecular weight excluding hydrogens is 691 g/mol. The van der Waals surface area contributed by atoms with Crippen molar-refractivity contribution in [1.29, 1.82) is 0 Å². The van der Waals surface area contributed by atoms with Crippen LogP contribution in [0.5, 0.6) is 28.7 Å². The van der Waals surface area contributed by atoms with Crippen molar-refractivity contribution in [1.82, 2.24) is 5.32 Å². The Balaban J connectivity index is 0.885. The molecule has 2 spiro atoms. The molecule has 55 heavy (non-hydrogen) atoms. The van der Waals surface area contributed by atoms with Crippen LogP contribution < -0.4 is 5.32 Å². The Hall–Kier alpha value is -4.76. The molecule has 4 aromatic rings. The molecule has 2 heterocycles. The minimum absolute atomic E-state index is 0.0181. The molecule has 8 heteroatoms. The molecule has 2 aliphatic heterocycles. The summed E-state index contributed by atoms with van der Waals surface area (Å²) in [4.78, 5) is 0. The summed E-state index contributed by atoms with van der Waals surface area (Å²) in [5, 5.41) is 68.5. The highest BCUT2D eigenvalue weighted by Gasteiger charge is 2.74. The van der Waals surface area contributed by atoms with Gasteiger partial charge in [0.1, 0.15) is 5.75 Å². The number of phenolic OH excluding ortho intramolecular Hbond substituents is 5. The van der Waals surface area contributed by atoms with Crippen LogP contribution in [-0.2, 0) is 24.1 Å². The van der Waals surface area contributed by atoms with Gasteiger partial charge < -0.3 is 40.7 Å². The van der Waals surface area contributed by atoms with E-state index in [9.17, 15) is 30.6 Å². The number of phenols is 5. The summed E-state index contributed by atoms with van der Waals surface area (Å²) < 4.78 is 7.41. The molecule has 0 amide bonds. The number of benzene rings is 4. The number of aliphatic hydroxyl groups excluding tert-OH is 1. The van der Waals surface area contributed by atoms with Crippen molar-refractivity contribution in [2.45, 2.75) is 81.8 Å². The van der Waals surface area contributed by atoms with Crippen LogP contribution >= 0.6 is 0 Å². The van der Waals surface area contributed by atoms with Crippen molar-refractivity contribution < 1.29 is 35.4 Å². The summed E-state index contributed by atoms with van der Waals surface area (Å²) >= 11 is 0. The molecule has 284 valence electrons. The maximum Gasteiger partial charge on any atom is 0.169 e. The Labute approximate surface area is 321 Å². The van der Waals surface area contributed by atoms with Gasteiger partial charge in [0.15, 0.2) is 23.0 Å². The summed E-state index contributed by atoms with van der Waals surface area (Å²) in [7, 11) is 0. The van der Waals surface area contributed by atoms with Crippen LogP contribution in [0.3, 0.4) is 0 Å². The minimum Gasteiger partial charge on any atom is -0.507 e. The lowest BCUT2D eigenvalue weighted by Gasteiger charge is -2.71. The first kappa shape index (κ1) is 34.7. The van der Waals surface area contributed by atoms with E-state index in [0.29, 0.717) is 64.6 Å². The molecule has 2 saturated heterocycles. The smallest absolute Gasteiger partial charge is 0.169 e. The third kappa shape index (κ3) is 5.28. The number of nitrogens with one attached hydrogen (secondary N) is 1. The average Bonchev–Trinajstić information content (AvgIpc) is 3.53. The monoisotopic (exact) mass is 739 g/mol. The van der Waals surface area contributed by atoms with Gasteiger partial charge in [-0.1, -0.05) is 78.9 Å². The van der Waals surface area contributed by atoms with Crippen molar-refractivity contribution in [3.05, 3.63) is 113 Å². The van der Waals surface area contributed by atoms with E-state index in [2.05, 4.69) is 53.9 Å². The Morgan fingerprint density at radius 2 is 1.58 bits per heavy atom. The maximum atomic E-state index is 11.3. The second-order valence-electron chi connectivity index (χ2n) is 17.2. The fraction of sp³-hybridized carbons (Fsp3) is 0.404. The van der Waals surface area contributed by atoms with E-state index in [1.54, 1.807) is 30.4 Å². The predicted molar refractivity (Wildman–Crippen MR) is 212 cm³/mol. The number of aryl methyl sites for hydroxylation is 1. The van der Waals surface area contributed by atoms with Gasteiger partial charge in [0.05, 0.1) is 23.2 Å². The zero-order chi connectivity index (χ0) is 37.6. The Kier molecular flexibility index (Phi) is 8.14. The van der Waals surface area contributed by atoms with Gasteiger partial charge in [0, 0.05) is 35.4 Å². The van der Waals surface area contributed by atoms with Crippen LogP contribution in [0.1, 0.15) is 66.3 Å². The number of rotatable bonds is 8. The standard InChI is InChI=1S/C47H49NO7/c49-32-22-31-13-16-36-38(23-42-30-12-11-29-18-19-46(31,24-32)47(36,55-42)37(29)21-30)48-25-28-6-4-26(5-7-28)8-15-35-33(14-9-27-10-17-39(50)41(52)20-27)34-2-1-3-40(51)43(34)45(54)44(35)53/h1-7,9-14,16-17,20,29-32,36-38,42,48-54H,8,15,18-19,21-25H2. The van der Waals surface area contributed by atoms with Crippen molar-refractivity contribution in [3.8, 4) is 28.7 Å². The highest BCUT2D eigenvalue weighted by Crippen LogP contribution is 2.72. The molecule has 7 N–H and O–H groups in total. The lowest BCUT2D eigenvalue weighted by atomic mass is 9.41. The molecular formula is C47H49NO7. The van der Waals surface area contributed by atoms with Gasteiger partial charge in [-0.15, -0.1) is 0 Å². The quantitative estimate of drug-likeness (QED) is 0.0550. The highest BCUT2D eigenvalue weighted by atomic mass is 16.5. The summed E-state index contributed by atoms with van der Waals surface area (Å²) in [6.45, 7) is 0.746. The molecule has 6 aliphatic rings. The van der Waals surface area contributed by atoms with Crippen LogP contribution in [-0.4, -0.2) is 54.5 Å². The van der Waals surface area contributed by atoms with E-state index in [0.717, 1.165) is 37.8 Å². The van der Waals surface area contributed by atoms with Crippen molar-refractivity contribution in [2.24, 2.45) is 35.0 Å². The molecule has 4 fully saturated rings. The molecule has 0 radical (unpaired) electrons. The van der Waals surface area contributed by atoms with Crippen molar-refractivity contribution in [3.63, 3.8) is 0 Å². The summed E-state index contributed by atoms with van der Waals surface area (Å²) in [5.41, 5.74) is 3.92. The van der Waals surface area contributed by atoms with Crippen LogP contribution in [0.2, 0.25) is 0 Å². The van der Waals surface area contributed by atoms with E-state index < -0.39 is 0 Å². The summed E-state index contributed by atoms with van der Waals surface area (Å²) in [6, 6.07) is 18.4. The molecule has 4 bridgehead atoms. The molecule has 8 nitrogen and oxygen atoms in total. The largest absolute Gasteiger partial charge is 0.507 e. The topological polar surface area (TPSA) is 143 Å². The third-order valence-electron chi connectivity index (χ3n) is 14.6. The molecule has 10 atom stereocenters. The number of aliphatic hydroxyl groups is 1. The first-order valence-electron chi connectivity index (χ1n) is 20.1. The van der Waals surface area contributed by atoms with E-state index in [1.807, 2.05) is 0 Å². The Morgan fingerprint density at radius 3 is 2.42 bits per heavy atom. The second kappa shape index (κ2) is 12.9. The zero-order valence-electron chi connectivity index (χ0n) is 30.8. The summed E-state index contributed by atoms with van der Waals surface area (Å²) in [6.07, 6.45) is 20.7. The normalized spacial score (nSPS) is 34.0. The Bertz CT molecular complexity index is 2260. The number of fused-ring (bicyclic) bond motifs is 4. The SMILES string of the molecule is Oc1ccc(C=Cc2c(CCc3ccc(CNC4CC5OC67C4C=CC4CC(O)CC46CCC4C=CC5CC47)cc3)c(O)c(O)c3c(O)cccc23)cc1O. The maximum absolute atomic E-state index is 11.3. The van der Waals surface area contributed by atoms with Crippen molar-refractivity contribution >= 4 is 22.9 Å². The number of allylic oxidation sites excluding steroid dienone is 2. The van der Waals surface area contributed by atoms with E-state index in [4.69, 9.17) is 4.74 Å². The fourth-order valence-corrected chi connectivity index (χ4v) is 12.2. The minimum atomic E-state index is -0.359. The van der Waals surface area contributed by atoms with Crippen molar-refractivity contribution in [2.75, 3.05) is 0 Å². The van der Waals surface area contributed by atoms with E-state index >= 15 is 0 Å². The van der Waals surface area contributed by atoms with Crippen LogP contribution in [0.4, 0.5) is 0 Å². The molecule has 10 unspecified atom stereocenters. The highest BCUT2D eigenvalue weighted by molar-refractivity contribution is 6.03. The van der Waals surface area contributed by atoms with Gasteiger partial charge in [0.25, 0.3) is 0 Å². The van der Waals surface area contributed by atoms with Gasteiger partial charge in [-0.05, 0) is 115 Å². The first-order chi connectivity index (χ1) is 26.6. The van der Waals surface area contributed by atoms with Crippen LogP contribution in [0, 0.1) is 35.0 Å². The van der Waals surface area contributed by atoms with Gasteiger partial charge in [-0.2, -0.15) is 0 Å². The number of ether oxygens (including phenoxy) is 1. The summed E-state index contributed by atoms with van der Waals surface area (Å²) in [5.74, 6) is 0.985. The molecule has 4 aromatic carbocycles. The van der Waals surface area contributed by atoms with E-state index in [1.165, 1.54) is 36.6 Å². The molecule has 4 aliphatic carbocycles. The molecule has 0 aromatic heterocycles. The van der Waals surface area contributed by atoms with Gasteiger partial charge in [-0.25, -0.2) is 0 Å². The lowest BCUT2D eigenvalue weighted by Crippen LogP contribution is -2.75. The predicted octanol–water partition coefficient (Wildman–Crippen LogP) is 7.87. The van der Waals surface area contributed by atoms with E-state index in [-0.39, 0.29) is 63.3 Å². The zero-order valence-corrected chi connectivity index (χ0v) is 30.8. The number of aromatic hydroxyl groups is 5. The fourth-order valence-electron chi connectivity index (χ4n) is 12.2. The lowest BCUT2D eigenvalue weighted by molar-refractivity contribution is -0.317. The van der Waals surface area contributed by atoms with Crippen LogP contribution in [0.25, 0.3) is 22.9 Å². The average molecular weight is 740 g/mol.